The van der Waals surface area contributed by atoms with E-state index in [0.717, 1.165) is 0 Å². The molecule has 0 aromatic heterocycles. The molecule has 12 heavy (non-hydrogen) atoms. The first-order valence-corrected chi connectivity index (χ1v) is 4.00. The summed E-state index contributed by atoms with van der Waals surface area (Å²) in [5.74, 6) is 0. The second-order valence-corrected chi connectivity index (χ2v) is 2.68. The minimum Gasteiger partial charge on any atom is -0.489 e. The third-order valence-corrected chi connectivity index (χ3v) is 1.83. The van der Waals surface area contributed by atoms with Crippen molar-refractivity contribution in [1.82, 2.24) is 0 Å². The summed E-state index contributed by atoms with van der Waals surface area (Å²) in [6, 6.07) is 10.2. The number of ether oxygens (including phenoxy) is 1. The quantitative estimate of drug-likeness (QED) is 0.610. The maximum Gasteiger partial charge on any atom is 0.141 e. The summed E-state index contributed by atoms with van der Waals surface area (Å²) in [5, 5.41) is 0. The van der Waals surface area contributed by atoms with Gasteiger partial charge in [-0.2, -0.15) is 0 Å². The van der Waals surface area contributed by atoms with Crippen LogP contribution in [0.5, 0.6) is 0 Å². The SMILES string of the molecule is C1=CO[C@H](c2ccccc2)C=C1. The first kappa shape index (κ1) is 7.17. The fraction of sp³-hybridized carbons (Fsp3) is 0.0909. The molecule has 1 nitrogen and oxygen atoms in total. The molecule has 0 saturated carbocycles. The van der Waals surface area contributed by atoms with E-state index in [-0.39, 0.29) is 6.10 Å². The molecule has 0 amide bonds. The molecule has 1 heterocycles. The second kappa shape index (κ2) is 3.26. The fourth-order valence-electron chi connectivity index (χ4n) is 1.22. The molecule has 1 atom stereocenters. The summed E-state index contributed by atoms with van der Waals surface area (Å²) >= 11 is 0. The summed E-state index contributed by atoms with van der Waals surface area (Å²) in [5.41, 5.74) is 1.19. The number of rotatable bonds is 1. The number of hydrogen-bond donors (Lipinski definition) is 0. The monoisotopic (exact) mass is 158 g/mol. The Hall–Kier alpha value is -1.50. The molecule has 2 rings (SSSR count). The molecule has 0 unspecified atom stereocenters. The van der Waals surface area contributed by atoms with Crippen LogP contribution < -0.4 is 0 Å². The van der Waals surface area contributed by atoms with Crippen molar-refractivity contribution in [1.29, 1.82) is 0 Å². The Morgan fingerprint density at radius 3 is 2.50 bits per heavy atom. The van der Waals surface area contributed by atoms with Crippen molar-refractivity contribution in [2.75, 3.05) is 0 Å². The number of allylic oxidation sites excluding steroid dienone is 2. The van der Waals surface area contributed by atoms with Crippen LogP contribution in [-0.4, -0.2) is 0 Å². The number of hydrogen-bond acceptors (Lipinski definition) is 1. The summed E-state index contributed by atoms with van der Waals surface area (Å²) in [6.45, 7) is 0. The van der Waals surface area contributed by atoms with Gasteiger partial charge in [0.1, 0.15) is 6.10 Å². The summed E-state index contributed by atoms with van der Waals surface area (Å²) in [7, 11) is 0. The maximum absolute atomic E-state index is 5.40. The normalized spacial score (nSPS) is 20.5. The van der Waals surface area contributed by atoms with E-state index in [1.807, 2.05) is 36.4 Å². The van der Waals surface area contributed by atoms with Crippen molar-refractivity contribution in [2.24, 2.45) is 0 Å². The van der Waals surface area contributed by atoms with Crippen LogP contribution in [0.2, 0.25) is 0 Å². The van der Waals surface area contributed by atoms with E-state index in [9.17, 15) is 0 Å². The van der Waals surface area contributed by atoms with Gasteiger partial charge in [0.05, 0.1) is 6.26 Å². The van der Waals surface area contributed by atoms with Crippen LogP contribution in [0.25, 0.3) is 0 Å². The lowest BCUT2D eigenvalue weighted by Crippen LogP contribution is -1.98. The molecule has 0 fully saturated rings. The molecule has 0 radical (unpaired) electrons. The standard InChI is InChI=1S/C11H10O/c1-2-6-10(7-3-1)11-8-4-5-9-12-11/h1-9,11H/t11-/m0/s1. The van der Waals surface area contributed by atoms with Crippen LogP contribution in [0.3, 0.4) is 0 Å². The van der Waals surface area contributed by atoms with Crippen molar-refractivity contribution in [3.8, 4) is 0 Å². The van der Waals surface area contributed by atoms with Crippen molar-refractivity contribution in [3.63, 3.8) is 0 Å². The highest BCUT2D eigenvalue weighted by atomic mass is 16.5. The van der Waals surface area contributed by atoms with E-state index in [0.29, 0.717) is 0 Å². The van der Waals surface area contributed by atoms with Gasteiger partial charge in [0, 0.05) is 0 Å². The lowest BCUT2D eigenvalue weighted by Gasteiger charge is -2.14. The Labute approximate surface area is 72.0 Å². The Balaban J connectivity index is 2.21. The van der Waals surface area contributed by atoms with Gasteiger partial charge in [-0.15, -0.1) is 0 Å². The van der Waals surface area contributed by atoms with Gasteiger partial charge >= 0.3 is 0 Å². The molecule has 0 bridgehead atoms. The molecule has 1 heteroatoms. The van der Waals surface area contributed by atoms with E-state index in [1.165, 1.54) is 5.56 Å². The Morgan fingerprint density at radius 2 is 1.83 bits per heavy atom. The first-order valence-electron chi connectivity index (χ1n) is 4.00. The summed E-state index contributed by atoms with van der Waals surface area (Å²) < 4.78 is 5.40. The molecular weight excluding hydrogens is 148 g/mol. The van der Waals surface area contributed by atoms with Gasteiger partial charge in [-0.3, -0.25) is 0 Å². The third-order valence-electron chi connectivity index (χ3n) is 1.83. The molecule has 60 valence electrons. The van der Waals surface area contributed by atoms with Crippen LogP contribution in [0.4, 0.5) is 0 Å². The molecule has 1 aromatic rings. The molecule has 1 aromatic carbocycles. The zero-order valence-electron chi connectivity index (χ0n) is 6.68. The van der Waals surface area contributed by atoms with Crippen molar-refractivity contribution in [2.45, 2.75) is 6.10 Å². The largest absolute Gasteiger partial charge is 0.489 e. The average molecular weight is 158 g/mol. The van der Waals surface area contributed by atoms with Gasteiger partial charge in [0.25, 0.3) is 0 Å². The first-order chi connectivity index (χ1) is 5.97. The van der Waals surface area contributed by atoms with Crippen LogP contribution in [0, 0.1) is 0 Å². The van der Waals surface area contributed by atoms with Gasteiger partial charge in [-0.1, -0.05) is 36.4 Å². The van der Waals surface area contributed by atoms with Gasteiger partial charge in [-0.05, 0) is 17.7 Å². The molecule has 0 saturated heterocycles. The van der Waals surface area contributed by atoms with Crippen LogP contribution >= 0.6 is 0 Å². The summed E-state index contributed by atoms with van der Waals surface area (Å²) in [6.07, 6.45) is 7.74. The maximum atomic E-state index is 5.40. The molecule has 0 N–H and O–H groups in total. The van der Waals surface area contributed by atoms with Crippen LogP contribution in [0.1, 0.15) is 11.7 Å². The zero-order valence-corrected chi connectivity index (χ0v) is 6.68. The highest BCUT2D eigenvalue weighted by Gasteiger charge is 2.07. The van der Waals surface area contributed by atoms with E-state index < -0.39 is 0 Å². The lowest BCUT2D eigenvalue weighted by atomic mass is 10.1. The summed E-state index contributed by atoms with van der Waals surface area (Å²) in [4.78, 5) is 0. The van der Waals surface area contributed by atoms with Gasteiger partial charge in [-0.25, -0.2) is 0 Å². The fourth-order valence-corrected chi connectivity index (χ4v) is 1.22. The van der Waals surface area contributed by atoms with Crippen molar-refractivity contribution >= 4 is 0 Å². The van der Waals surface area contributed by atoms with E-state index in [4.69, 9.17) is 4.74 Å². The minimum atomic E-state index is 0.0937. The van der Waals surface area contributed by atoms with Gasteiger partial charge < -0.3 is 4.74 Å². The molecule has 1 aliphatic rings. The van der Waals surface area contributed by atoms with Crippen LogP contribution in [-0.2, 0) is 4.74 Å². The van der Waals surface area contributed by atoms with E-state index >= 15 is 0 Å². The molecule has 0 spiro atoms. The predicted octanol–water partition coefficient (Wildman–Crippen LogP) is 2.83. The average Bonchev–Trinajstić information content (AvgIpc) is 2.21. The van der Waals surface area contributed by atoms with Crippen LogP contribution in [0.15, 0.2) is 54.8 Å². The number of benzene rings is 1. The smallest absolute Gasteiger partial charge is 0.141 e. The third kappa shape index (κ3) is 1.40. The minimum absolute atomic E-state index is 0.0937. The highest BCUT2D eigenvalue weighted by molar-refractivity contribution is 5.24. The Kier molecular flexibility index (Phi) is 1.95. The molecular formula is C11H10O. The van der Waals surface area contributed by atoms with Gasteiger partial charge in [0.2, 0.25) is 0 Å². The Bertz CT molecular complexity index is 298. The van der Waals surface area contributed by atoms with Gasteiger partial charge in [0.15, 0.2) is 0 Å². The zero-order chi connectivity index (χ0) is 8.23. The van der Waals surface area contributed by atoms with E-state index in [1.54, 1.807) is 6.26 Å². The Morgan fingerprint density at radius 1 is 1.00 bits per heavy atom. The molecule has 1 aliphatic heterocycles. The molecule has 0 aliphatic carbocycles. The predicted molar refractivity (Wildman–Crippen MR) is 48.5 cm³/mol. The highest BCUT2D eigenvalue weighted by Crippen LogP contribution is 2.20. The van der Waals surface area contributed by atoms with Crippen molar-refractivity contribution < 1.29 is 4.74 Å². The second-order valence-electron chi connectivity index (χ2n) is 2.68. The topological polar surface area (TPSA) is 9.23 Å². The van der Waals surface area contributed by atoms with Crippen molar-refractivity contribution in [3.05, 3.63) is 60.4 Å². The lowest BCUT2D eigenvalue weighted by molar-refractivity contribution is 0.186. The van der Waals surface area contributed by atoms with E-state index in [2.05, 4.69) is 12.1 Å².